The number of aromatic nitrogens is 3. The molecule has 0 saturated carbocycles. The standard InChI is InChI=1S/C22H25FN4O4S/c1-5-31-15-6-7-17(23)16(9-15)19-20-18(27(26-19)13(2)3)8-14(10-24-20)21(28)25-22(4)11-32(29,30)12-22/h6-10,13H,5,11-12H2,1-4H3,(H,25,28). The summed E-state index contributed by atoms with van der Waals surface area (Å²) in [4.78, 5) is 17.2. The minimum Gasteiger partial charge on any atom is -0.494 e. The molecule has 0 radical (unpaired) electrons. The maximum Gasteiger partial charge on any atom is 0.253 e. The lowest BCUT2D eigenvalue weighted by Crippen LogP contribution is -2.63. The Morgan fingerprint density at radius 1 is 1.31 bits per heavy atom. The second-order valence-corrected chi connectivity index (χ2v) is 10.7. The molecule has 3 heterocycles. The number of nitrogens with one attached hydrogen (secondary N) is 1. The van der Waals surface area contributed by atoms with Crippen LogP contribution in [0.2, 0.25) is 0 Å². The molecule has 170 valence electrons. The summed E-state index contributed by atoms with van der Waals surface area (Å²) < 4.78 is 44.9. The van der Waals surface area contributed by atoms with Crippen molar-refractivity contribution in [2.75, 3.05) is 18.1 Å². The predicted octanol–water partition coefficient (Wildman–Crippen LogP) is 3.13. The van der Waals surface area contributed by atoms with Gasteiger partial charge in [0.2, 0.25) is 0 Å². The number of hydrogen-bond acceptors (Lipinski definition) is 6. The highest BCUT2D eigenvalue weighted by atomic mass is 32.2. The number of pyridine rings is 1. The Morgan fingerprint density at radius 2 is 2.03 bits per heavy atom. The summed E-state index contributed by atoms with van der Waals surface area (Å²) in [7, 11) is -3.10. The van der Waals surface area contributed by atoms with Crippen molar-refractivity contribution in [1.82, 2.24) is 20.1 Å². The monoisotopic (exact) mass is 460 g/mol. The van der Waals surface area contributed by atoms with Gasteiger partial charge in [-0.05, 0) is 52.0 Å². The van der Waals surface area contributed by atoms with Gasteiger partial charge in [-0.2, -0.15) is 5.10 Å². The summed E-state index contributed by atoms with van der Waals surface area (Å²) in [6, 6.07) is 6.05. The number of halogens is 1. The van der Waals surface area contributed by atoms with E-state index in [-0.39, 0.29) is 28.7 Å². The van der Waals surface area contributed by atoms with E-state index in [0.717, 1.165) is 0 Å². The minimum absolute atomic E-state index is 0.0706. The fraction of sp³-hybridized carbons (Fsp3) is 0.409. The van der Waals surface area contributed by atoms with Gasteiger partial charge in [0, 0.05) is 17.8 Å². The number of carbonyl (C=O) groups excluding carboxylic acids is 1. The van der Waals surface area contributed by atoms with E-state index in [9.17, 15) is 17.6 Å². The van der Waals surface area contributed by atoms with Gasteiger partial charge in [0.05, 0.1) is 34.7 Å². The summed E-state index contributed by atoms with van der Waals surface area (Å²) in [5.74, 6) is -0.530. The molecule has 32 heavy (non-hydrogen) atoms. The van der Waals surface area contributed by atoms with E-state index in [1.165, 1.54) is 12.3 Å². The predicted molar refractivity (Wildman–Crippen MR) is 119 cm³/mol. The van der Waals surface area contributed by atoms with Crippen molar-refractivity contribution < 1.29 is 22.3 Å². The number of hydrogen-bond donors (Lipinski definition) is 1. The highest BCUT2D eigenvalue weighted by Gasteiger charge is 2.45. The summed E-state index contributed by atoms with van der Waals surface area (Å²) in [5.41, 5.74) is 1.14. The molecule has 8 nitrogen and oxygen atoms in total. The average molecular weight is 461 g/mol. The topological polar surface area (TPSA) is 103 Å². The first-order valence-corrected chi connectivity index (χ1v) is 12.2. The van der Waals surface area contributed by atoms with E-state index in [1.54, 1.807) is 29.8 Å². The first-order valence-electron chi connectivity index (χ1n) is 10.4. The molecule has 1 aliphatic heterocycles. The van der Waals surface area contributed by atoms with Crippen LogP contribution in [0.25, 0.3) is 22.3 Å². The van der Waals surface area contributed by atoms with E-state index < -0.39 is 27.1 Å². The molecule has 0 aliphatic carbocycles. The van der Waals surface area contributed by atoms with Crippen molar-refractivity contribution in [2.24, 2.45) is 0 Å². The van der Waals surface area contributed by atoms with Crippen LogP contribution in [0.1, 0.15) is 44.1 Å². The Morgan fingerprint density at radius 3 is 2.66 bits per heavy atom. The molecular formula is C22H25FN4O4S. The fourth-order valence-corrected chi connectivity index (χ4v) is 6.01. The van der Waals surface area contributed by atoms with Crippen LogP contribution in [-0.2, 0) is 9.84 Å². The lowest BCUT2D eigenvalue weighted by atomic mass is 10.1. The first kappa shape index (κ1) is 22.2. The molecule has 1 saturated heterocycles. The fourth-order valence-electron chi connectivity index (χ4n) is 4.01. The smallest absolute Gasteiger partial charge is 0.253 e. The third-order valence-electron chi connectivity index (χ3n) is 5.29. The number of sulfone groups is 1. The maximum absolute atomic E-state index is 14.7. The second kappa shape index (κ2) is 7.84. The van der Waals surface area contributed by atoms with Crippen molar-refractivity contribution in [2.45, 2.75) is 39.3 Å². The molecule has 1 aromatic carbocycles. The van der Waals surface area contributed by atoms with Crippen LogP contribution in [0, 0.1) is 5.82 Å². The normalized spacial score (nSPS) is 16.7. The van der Waals surface area contributed by atoms with Gasteiger partial charge in [0.15, 0.2) is 9.84 Å². The van der Waals surface area contributed by atoms with Crippen LogP contribution in [0.5, 0.6) is 5.75 Å². The number of carbonyl (C=O) groups is 1. The number of amides is 1. The number of rotatable bonds is 6. The van der Waals surface area contributed by atoms with Crippen molar-refractivity contribution in [3.05, 3.63) is 41.8 Å². The average Bonchev–Trinajstić information content (AvgIpc) is 3.06. The molecule has 3 aromatic rings. The first-order chi connectivity index (χ1) is 15.0. The van der Waals surface area contributed by atoms with Gasteiger partial charge < -0.3 is 10.1 Å². The number of ether oxygens (including phenoxy) is 1. The van der Waals surface area contributed by atoms with Crippen molar-refractivity contribution in [3.8, 4) is 17.0 Å². The van der Waals surface area contributed by atoms with Crippen molar-refractivity contribution in [3.63, 3.8) is 0 Å². The van der Waals surface area contributed by atoms with E-state index >= 15 is 0 Å². The summed E-state index contributed by atoms with van der Waals surface area (Å²) in [6.45, 7) is 7.84. The zero-order valence-corrected chi connectivity index (χ0v) is 19.2. The molecule has 1 aliphatic rings. The van der Waals surface area contributed by atoms with E-state index in [2.05, 4.69) is 15.4 Å². The number of benzene rings is 1. The van der Waals surface area contributed by atoms with Crippen LogP contribution in [0.4, 0.5) is 4.39 Å². The zero-order chi connectivity index (χ0) is 23.3. The van der Waals surface area contributed by atoms with Crippen LogP contribution in [-0.4, -0.2) is 52.7 Å². The van der Waals surface area contributed by atoms with Gasteiger partial charge in [0.25, 0.3) is 5.91 Å². The molecule has 0 spiro atoms. The highest BCUT2D eigenvalue weighted by Crippen LogP contribution is 2.33. The van der Waals surface area contributed by atoms with Crippen molar-refractivity contribution >= 4 is 26.8 Å². The lowest BCUT2D eigenvalue weighted by Gasteiger charge is -2.38. The Kier molecular flexibility index (Phi) is 5.44. The molecule has 1 amide bonds. The molecule has 2 aromatic heterocycles. The molecule has 4 rings (SSSR count). The van der Waals surface area contributed by atoms with E-state index in [4.69, 9.17) is 4.74 Å². The third-order valence-corrected chi connectivity index (χ3v) is 7.45. The summed E-state index contributed by atoms with van der Waals surface area (Å²) >= 11 is 0. The Labute approximate surface area is 185 Å². The van der Waals surface area contributed by atoms with Crippen molar-refractivity contribution in [1.29, 1.82) is 0 Å². The van der Waals surface area contributed by atoms with Gasteiger partial charge in [-0.15, -0.1) is 0 Å². The quantitative estimate of drug-likeness (QED) is 0.606. The number of nitrogens with zero attached hydrogens (tertiary/aromatic N) is 3. The minimum atomic E-state index is -3.10. The third kappa shape index (κ3) is 4.06. The lowest BCUT2D eigenvalue weighted by molar-refractivity contribution is 0.0916. The largest absolute Gasteiger partial charge is 0.494 e. The molecule has 1 N–H and O–H groups in total. The molecule has 1 fully saturated rings. The Bertz CT molecular complexity index is 1300. The van der Waals surface area contributed by atoms with E-state index in [0.29, 0.717) is 29.1 Å². The van der Waals surface area contributed by atoms with Crippen LogP contribution >= 0.6 is 0 Å². The zero-order valence-electron chi connectivity index (χ0n) is 18.3. The van der Waals surface area contributed by atoms with Gasteiger partial charge in [-0.3, -0.25) is 14.5 Å². The second-order valence-electron chi connectivity index (χ2n) is 8.60. The van der Waals surface area contributed by atoms with Gasteiger partial charge in [-0.1, -0.05) is 0 Å². The SMILES string of the molecule is CCOc1ccc(F)c(-c2nn(C(C)C)c3cc(C(=O)NC4(C)CS(=O)(=O)C4)cnc23)c1. The molecule has 10 heteroatoms. The van der Waals surface area contributed by atoms with Crippen LogP contribution in [0.3, 0.4) is 0 Å². The Hall–Kier alpha value is -3.01. The molecular weight excluding hydrogens is 435 g/mol. The Balaban J connectivity index is 1.75. The van der Waals surface area contributed by atoms with Gasteiger partial charge in [0.1, 0.15) is 22.8 Å². The van der Waals surface area contributed by atoms with Crippen LogP contribution < -0.4 is 10.1 Å². The van der Waals surface area contributed by atoms with E-state index in [1.807, 2.05) is 20.8 Å². The van der Waals surface area contributed by atoms with Gasteiger partial charge >= 0.3 is 0 Å². The molecule has 0 unspecified atom stereocenters. The molecule has 0 atom stereocenters. The highest BCUT2D eigenvalue weighted by molar-refractivity contribution is 7.93. The number of fused-ring (bicyclic) bond motifs is 1. The maximum atomic E-state index is 14.7. The summed E-state index contributed by atoms with van der Waals surface area (Å²) in [6.07, 6.45) is 1.40. The molecule has 0 bridgehead atoms. The van der Waals surface area contributed by atoms with Crippen LogP contribution in [0.15, 0.2) is 30.5 Å². The summed E-state index contributed by atoms with van der Waals surface area (Å²) in [5, 5.41) is 7.37. The van der Waals surface area contributed by atoms with Gasteiger partial charge in [-0.25, -0.2) is 12.8 Å².